The van der Waals surface area contributed by atoms with Gasteiger partial charge in [-0.1, -0.05) is 36.4 Å². The van der Waals surface area contributed by atoms with E-state index in [0.717, 1.165) is 16.7 Å². The van der Waals surface area contributed by atoms with Crippen LogP contribution in [0, 0.1) is 0 Å². The highest BCUT2D eigenvalue weighted by molar-refractivity contribution is 5.84. The van der Waals surface area contributed by atoms with Crippen LogP contribution >= 0.6 is 0 Å². The lowest BCUT2D eigenvalue weighted by molar-refractivity contribution is 0.405. The Labute approximate surface area is 132 Å². The largest absolute Gasteiger partial charge is 0.504 e. The van der Waals surface area contributed by atoms with Crippen LogP contribution in [0.4, 0.5) is 0 Å². The van der Waals surface area contributed by atoms with E-state index in [-0.39, 0.29) is 11.5 Å². The number of nitrogens with zero attached hydrogens (tertiary/aromatic N) is 2. The average molecular weight is 302 g/mol. The maximum Gasteiger partial charge on any atom is 0.168 e. The van der Waals surface area contributed by atoms with Crippen molar-refractivity contribution in [3.05, 3.63) is 72.8 Å². The third kappa shape index (κ3) is 2.12. The summed E-state index contributed by atoms with van der Waals surface area (Å²) < 4.78 is 1.98. The van der Waals surface area contributed by atoms with Gasteiger partial charge in [0.05, 0.1) is 16.6 Å². The monoisotopic (exact) mass is 302 g/mol. The summed E-state index contributed by atoms with van der Waals surface area (Å²) in [7, 11) is 0. The third-order valence-electron chi connectivity index (χ3n) is 3.83. The first-order valence-corrected chi connectivity index (χ1v) is 7.30. The lowest BCUT2D eigenvalue weighted by Crippen LogP contribution is -1.97. The van der Waals surface area contributed by atoms with Crippen molar-refractivity contribution in [3.63, 3.8) is 0 Å². The molecular formula is C19H14N2O2. The van der Waals surface area contributed by atoms with E-state index >= 15 is 0 Å². The van der Waals surface area contributed by atoms with Gasteiger partial charge < -0.3 is 10.2 Å². The number of para-hydroxylation sites is 4. The standard InChI is InChI=1S/C19H14N2O2/c22-17-12-6-9-14(18(17)23)19-20-15-10-4-5-11-16(15)21(19)13-7-2-1-3-8-13/h1-12,22-23H. The van der Waals surface area contributed by atoms with Gasteiger partial charge in [-0.15, -0.1) is 0 Å². The Morgan fingerprint density at radius 1 is 0.739 bits per heavy atom. The molecule has 0 unspecified atom stereocenters. The van der Waals surface area contributed by atoms with Gasteiger partial charge in [-0.05, 0) is 36.4 Å². The van der Waals surface area contributed by atoms with Gasteiger partial charge in [0, 0.05) is 5.69 Å². The van der Waals surface area contributed by atoms with Crippen molar-refractivity contribution >= 4 is 11.0 Å². The van der Waals surface area contributed by atoms with Crippen molar-refractivity contribution in [3.8, 4) is 28.6 Å². The molecule has 112 valence electrons. The number of benzene rings is 3. The van der Waals surface area contributed by atoms with Crippen LogP contribution in [0.25, 0.3) is 28.1 Å². The number of phenolic OH excluding ortho intramolecular Hbond substituents is 2. The molecule has 0 radical (unpaired) electrons. The highest BCUT2D eigenvalue weighted by atomic mass is 16.3. The fourth-order valence-corrected chi connectivity index (χ4v) is 2.76. The average Bonchev–Trinajstić information content (AvgIpc) is 2.97. The van der Waals surface area contributed by atoms with Crippen LogP contribution in [0.1, 0.15) is 0 Å². The van der Waals surface area contributed by atoms with Crippen LogP contribution in [0.15, 0.2) is 72.8 Å². The van der Waals surface area contributed by atoms with Gasteiger partial charge in [-0.2, -0.15) is 0 Å². The normalized spacial score (nSPS) is 11.0. The van der Waals surface area contributed by atoms with Crippen molar-refractivity contribution in [2.45, 2.75) is 0 Å². The lowest BCUT2D eigenvalue weighted by atomic mass is 10.1. The van der Waals surface area contributed by atoms with E-state index < -0.39 is 0 Å². The number of phenols is 2. The van der Waals surface area contributed by atoms with Gasteiger partial charge >= 0.3 is 0 Å². The molecule has 4 aromatic rings. The maximum atomic E-state index is 10.2. The minimum Gasteiger partial charge on any atom is -0.504 e. The number of rotatable bonds is 2. The Hall–Kier alpha value is -3.27. The van der Waals surface area contributed by atoms with Crippen LogP contribution in [-0.4, -0.2) is 19.8 Å². The van der Waals surface area contributed by atoms with E-state index in [4.69, 9.17) is 0 Å². The van der Waals surface area contributed by atoms with E-state index in [1.165, 1.54) is 6.07 Å². The predicted octanol–water partition coefficient (Wildman–Crippen LogP) is 4.10. The third-order valence-corrected chi connectivity index (χ3v) is 3.83. The molecular weight excluding hydrogens is 288 g/mol. The molecule has 1 heterocycles. The molecule has 2 N–H and O–H groups in total. The molecule has 0 bridgehead atoms. The molecule has 4 heteroatoms. The van der Waals surface area contributed by atoms with E-state index in [1.54, 1.807) is 12.1 Å². The summed E-state index contributed by atoms with van der Waals surface area (Å²) in [6, 6.07) is 22.5. The first-order chi connectivity index (χ1) is 11.3. The molecule has 0 aliphatic rings. The number of aromatic nitrogens is 2. The van der Waals surface area contributed by atoms with Gasteiger partial charge in [-0.3, -0.25) is 4.57 Å². The van der Waals surface area contributed by atoms with Crippen molar-refractivity contribution in [1.82, 2.24) is 9.55 Å². The van der Waals surface area contributed by atoms with Gasteiger partial charge in [0.15, 0.2) is 11.5 Å². The van der Waals surface area contributed by atoms with Crippen LogP contribution in [0.5, 0.6) is 11.5 Å². The fourth-order valence-electron chi connectivity index (χ4n) is 2.76. The Kier molecular flexibility index (Phi) is 3.01. The van der Waals surface area contributed by atoms with E-state index in [2.05, 4.69) is 4.98 Å². The molecule has 1 aromatic heterocycles. The Morgan fingerprint density at radius 2 is 1.48 bits per heavy atom. The van der Waals surface area contributed by atoms with Crippen LogP contribution in [0.2, 0.25) is 0 Å². The molecule has 0 aliphatic heterocycles. The Morgan fingerprint density at radius 3 is 2.30 bits per heavy atom. The predicted molar refractivity (Wildman–Crippen MR) is 89.8 cm³/mol. The zero-order valence-electron chi connectivity index (χ0n) is 12.2. The number of hydrogen-bond acceptors (Lipinski definition) is 3. The van der Waals surface area contributed by atoms with Gasteiger partial charge in [0.25, 0.3) is 0 Å². The van der Waals surface area contributed by atoms with Crippen molar-refractivity contribution in [2.24, 2.45) is 0 Å². The van der Waals surface area contributed by atoms with E-state index in [0.29, 0.717) is 11.4 Å². The molecule has 0 aliphatic carbocycles. The minimum absolute atomic E-state index is 0.158. The quantitative estimate of drug-likeness (QED) is 0.548. The van der Waals surface area contributed by atoms with Crippen molar-refractivity contribution < 1.29 is 10.2 Å². The Balaban J connectivity index is 2.09. The molecule has 0 fully saturated rings. The first kappa shape index (κ1) is 13.4. The number of fused-ring (bicyclic) bond motifs is 1. The molecule has 4 nitrogen and oxygen atoms in total. The smallest absolute Gasteiger partial charge is 0.168 e. The molecule has 3 aromatic carbocycles. The number of hydrogen-bond donors (Lipinski definition) is 2. The van der Waals surface area contributed by atoms with Crippen LogP contribution in [0.3, 0.4) is 0 Å². The highest BCUT2D eigenvalue weighted by Crippen LogP contribution is 2.38. The molecule has 23 heavy (non-hydrogen) atoms. The van der Waals surface area contributed by atoms with E-state index in [1.807, 2.05) is 59.2 Å². The summed E-state index contributed by atoms with van der Waals surface area (Å²) in [6.45, 7) is 0. The van der Waals surface area contributed by atoms with Gasteiger partial charge in [0.2, 0.25) is 0 Å². The molecule has 0 saturated carbocycles. The summed E-state index contributed by atoms with van der Waals surface area (Å²) in [5, 5.41) is 20.1. The SMILES string of the molecule is Oc1cccc(-c2nc3ccccc3n2-c2ccccc2)c1O. The zero-order chi connectivity index (χ0) is 15.8. The molecule has 0 atom stereocenters. The van der Waals surface area contributed by atoms with Gasteiger partial charge in [-0.25, -0.2) is 4.98 Å². The summed E-state index contributed by atoms with van der Waals surface area (Å²) in [5.74, 6) is 0.264. The number of aromatic hydroxyl groups is 2. The zero-order valence-corrected chi connectivity index (χ0v) is 12.2. The molecule has 0 spiro atoms. The van der Waals surface area contributed by atoms with E-state index in [9.17, 15) is 10.2 Å². The summed E-state index contributed by atoms with van der Waals surface area (Å²) in [5.41, 5.74) is 3.20. The van der Waals surface area contributed by atoms with Crippen LogP contribution < -0.4 is 0 Å². The second kappa shape index (κ2) is 5.18. The molecule has 0 amide bonds. The second-order valence-electron chi connectivity index (χ2n) is 5.27. The number of imidazole rings is 1. The second-order valence-corrected chi connectivity index (χ2v) is 5.27. The molecule has 4 rings (SSSR count). The summed E-state index contributed by atoms with van der Waals surface area (Å²) in [4.78, 5) is 4.65. The van der Waals surface area contributed by atoms with Crippen molar-refractivity contribution in [1.29, 1.82) is 0 Å². The summed E-state index contributed by atoms with van der Waals surface area (Å²) >= 11 is 0. The Bertz CT molecular complexity index is 991. The molecule has 0 saturated heterocycles. The first-order valence-electron chi connectivity index (χ1n) is 7.30. The topological polar surface area (TPSA) is 58.3 Å². The van der Waals surface area contributed by atoms with Gasteiger partial charge in [0.1, 0.15) is 5.82 Å². The van der Waals surface area contributed by atoms with Crippen LogP contribution in [-0.2, 0) is 0 Å². The minimum atomic E-state index is -0.167. The summed E-state index contributed by atoms with van der Waals surface area (Å²) in [6.07, 6.45) is 0. The van der Waals surface area contributed by atoms with Crippen molar-refractivity contribution in [2.75, 3.05) is 0 Å². The maximum absolute atomic E-state index is 10.2. The lowest BCUT2D eigenvalue weighted by Gasteiger charge is -2.11. The fraction of sp³-hybridized carbons (Fsp3) is 0. The highest BCUT2D eigenvalue weighted by Gasteiger charge is 2.18.